The van der Waals surface area contributed by atoms with Crippen molar-refractivity contribution in [2.75, 3.05) is 0 Å². The van der Waals surface area contributed by atoms with Crippen LogP contribution in [0.2, 0.25) is 19.6 Å². The Morgan fingerprint density at radius 1 is 0.905 bits per heavy atom. The van der Waals surface area contributed by atoms with Gasteiger partial charge in [0.25, 0.3) is 0 Å². The summed E-state index contributed by atoms with van der Waals surface area (Å²) in [5.74, 6) is 3.01. The van der Waals surface area contributed by atoms with Crippen molar-refractivity contribution in [2.45, 2.75) is 64.5 Å². The molecule has 0 aromatic carbocycles. The lowest BCUT2D eigenvalue weighted by Crippen LogP contribution is -2.24. The molecular formula is C18H30O2Si. The predicted molar refractivity (Wildman–Crippen MR) is 94.7 cm³/mol. The molecule has 0 fully saturated rings. The van der Waals surface area contributed by atoms with E-state index in [1.54, 1.807) is 6.08 Å². The van der Waals surface area contributed by atoms with Crippen molar-refractivity contribution in [3.63, 3.8) is 0 Å². The summed E-state index contributed by atoms with van der Waals surface area (Å²) in [5, 5.41) is 19.7. The fraction of sp³-hybridized carbons (Fsp3) is 0.556. The Hall–Kier alpha value is -1.08. The van der Waals surface area contributed by atoms with Crippen molar-refractivity contribution < 1.29 is 10.2 Å². The van der Waals surface area contributed by atoms with E-state index < -0.39 is 20.3 Å². The van der Waals surface area contributed by atoms with E-state index in [9.17, 15) is 10.2 Å². The van der Waals surface area contributed by atoms with Gasteiger partial charge in [0, 0.05) is 0 Å². The zero-order chi connectivity index (χ0) is 16.1. The number of hydrogen-bond donors (Lipinski definition) is 2. The highest BCUT2D eigenvalue weighted by atomic mass is 28.3. The molecule has 21 heavy (non-hydrogen) atoms. The number of hydrogen-bond acceptors (Lipinski definition) is 2. The quantitative estimate of drug-likeness (QED) is 0.406. The molecule has 0 bridgehead atoms. The summed E-state index contributed by atoms with van der Waals surface area (Å²) >= 11 is 0. The first-order valence-electron chi connectivity index (χ1n) is 7.70. The van der Waals surface area contributed by atoms with E-state index in [2.05, 4.69) is 50.2 Å². The van der Waals surface area contributed by atoms with Gasteiger partial charge in [-0.3, -0.25) is 0 Å². The summed E-state index contributed by atoms with van der Waals surface area (Å²) in [4.78, 5) is 0. The molecular weight excluding hydrogens is 276 g/mol. The van der Waals surface area contributed by atoms with Crippen LogP contribution >= 0.6 is 0 Å². The van der Waals surface area contributed by atoms with Crippen molar-refractivity contribution in [3.8, 4) is 11.5 Å². The van der Waals surface area contributed by atoms with Gasteiger partial charge in [0.15, 0.2) is 0 Å². The number of rotatable bonds is 8. The van der Waals surface area contributed by atoms with Crippen LogP contribution in [0, 0.1) is 11.5 Å². The lowest BCUT2D eigenvalue weighted by atomic mass is 10.1. The molecule has 0 saturated heterocycles. The first-order chi connectivity index (χ1) is 9.87. The highest BCUT2D eigenvalue weighted by Crippen LogP contribution is 2.06. The first kappa shape index (κ1) is 19.9. The molecule has 0 spiro atoms. The molecule has 0 radical (unpaired) electrons. The maximum absolute atomic E-state index is 9.83. The topological polar surface area (TPSA) is 40.5 Å². The molecule has 118 valence electrons. The second-order valence-electron chi connectivity index (χ2n) is 6.11. The van der Waals surface area contributed by atoms with Crippen LogP contribution in [-0.2, 0) is 0 Å². The maximum Gasteiger partial charge on any atom is 0.129 e. The fourth-order valence-electron chi connectivity index (χ4n) is 1.51. The van der Waals surface area contributed by atoms with Gasteiger partial charge < -0.3 is 10.2 Å². The van der Waals surface area contributed by atoms with Gasteiger partial charge in [-0.2, -0.15) is 0 Å². The van der Waals surface area contributed by atoms with Crippen LogP contribution in [0.5, 0.6) is 0 Å². The van der Waals surface area contributed by atoms with Crippen molar-refractivity contribution in [1.29, 1.82) is 0 Å². The molecule has 0 aliphatic heterocycles. The molecule has 3 heteroatoms. The molecule has 2 N–H and O–H groups in total. The van der Waals surface area contributed by atoms with E-state index in [1.165, 1.54) is 0 Å². The molecule has 0 aliphatic rings. The van der Waals surface area contributed by atoms with E-state index in [0.717, 1.165) is 12.8 Å². The Labute approximate surface area is 131 Å². The van der Waals surface area contributed by atoms with Crippen molar-refractivity contribution >= 4 is 8.07 Å². The monoisotopic (exact) mass is 306 g/mol. The average Bonchev–Trinajstić information content (AvgIpc) is 2.40. The minimum atomic E-state index is -1.33. The highest BCUT2D eigenvalue weighted by Gasteiger charge is 2.12. The molecule has 0 aromatic heterocycles. The molecule has 0 heterocycles. The van der Waals surface area contributed by atoms with Gasteiger partial charge in [-0.1, -0.05) is 62.9 Å². The first-order valence-corrected chi connectivity index (χ1v) is 11.2. The summed E-state index contributed by atoms with van der Waals surface area (Å²) in [6.07, 6.45) is 13.1. The Morgan fingerprint density at radius 2 is 1.48 bits per heavy atom. The third-order valence-corrected chi connectivity index (χ3v) is 3.58. The molecule has 0 unspecified atom stereocenters. The molecule has 0 aliphatic carbocycles. The molecule has 2 atom stereocenters. The Balaban J connectivity index is 3.99. The summed E-state index contributed by atoms with van der Waals surface area (Å²) < 4.78 is 0. The minimum absolute atomic E-state index is 0.436. The lowest BCUT2D eigenvalue weighted by molar-refractivity contribution is 0.0238. The standard InChI is InChI=1S/C18H30O2Si/c1-5-6-7-8-9-11-14-17(19)18(20)15-12-10-13-16-21(2,3)4/h6-7,9-12,17-20H,5,8,14-15H2,1-4H3/b7-6+,11-9-,12-10+/t17-,18-/m1/s1. The predicted octanol–water partition coefficient (Wildman–Crippen LogP) is 3.84. The van der Waals surface area contributed by atoms with Crippen molar-refractivity contribution in [3.05, 3.63) is 36.5 Å². The molecule has 0 amide bonds. The molecule has 0 saturated carbocycles. The number of allylic oxidation sites excluding steroid dienone is 4. The van der Waals surface area contributed by atoms with E-state index in [4.69, 9.17) is 0 Å². The van der Waals surface area contributed by atoms with Gasteiger partial charge in [-0.25, -0.2) is 0 Å². The average molecular weight is 307 g/mol. The number of aliphatic hydroxyl groups is 2. The van der Waals surface area contributed by atoms with Gasteiger partial charge in [-0.05, 0) is 31.8 Å². The second kappa shape index (κ2) is 11.6. The zero-order valence-electron chi connectivity index (χ0n) is 13.8. The van der Waals surface area contributed by atoms with Gasteiger partial charge in [0.2, 0.25) is 0 Å². The Bertz CT molecular complexity index is 405. The molecule has 2 nitrogen and oxygen atoms in total. The molecule has 0 rings (SSSR count). The van der Waals surface area contributed by atoms with Gasteiger partial charge in [-0.15, -0.1) is 5.54 Å². The van der Waals surface area contributed by atoms with Crippen molar-refractivity contribution in [1.82, 2.24) is 0 Å². The number of aliphatic hydroxyl groups excluding tert-OH is 2. The van der Waals surface area contributed by atoms with Gasteiger partial charge >= 0.3 is 0 Å². The maximum atomic E-state index is 9.83. The smallest absolute Gasteiger partial charge is 0.129 e. The van der Waals surface area contributed by atoms with E-state index in [-0.39, 0.29) is 0 Å². The van der Waals surface area contributed by atoms with Gasteiger partial charge in [0.05, 0.1) is 12.2 Å². The highest BCUT2D eigenvalue weighted by molar-refractivity contribution is 6.83. The van der Waals surface area contributed by atoms with Crippen LogP contribution < -0.4 is 0 Å². The summed E-state index contributed by atoms with van der Waals surface area (Å²) in [5.41, 5.74) is 3.22. The lowest BCUT2D eigenvalue weighted by Gasteiger charge is -2.13. The van der Waals surface area contributed by atoms with Crippen LogP contribution in [0.3, 0.4) is 0 Å². The minimum Gasteiger partial charge on any atom is -0.390 e. The third kappa shape index (κ3) is 13.6. The van der Waals surface area contributed by atoms with Crippen LogP contribution in [0.15, 0.2) is 36.5 Å². The third-order valence-electron chi connectivity index (χ3n) is 2.69. The molecule has 0 aromatic rings. The Kier molecular flexibility index (Phi) is 11.0. The van der Waals surface area contributed by atoms with Crippen LogP contribution in [0.4, 0.5) is 0 Å². The summed E-state index contributed by atoms with van der Waals surface area (Å²) in [6, 6.07) is 0. The van der Waals surface area contributed by atoms with Crippen LogP contribution in [0.25, 0.3) is 0 Å². The normalized spacial score (nSPS) is 15.5. The largest absolute Gasteiger partial charge is 0.390 e. The zero-order valence-corrected chi connectivity index (χ0v) is 14.8. The van der Waals surface area contributed by atoms with E-state index >= 15 is 0 Å². The van der Waals surface area contributed by atoms with Crippen LogP contribution in [0.1, 0.15) is 32.6 Å². The van der Waals surface area contributed by atoms with Gasteiger partial charge in [0.1, 0.15) is 8.07 Å². The Morgan fingerprint density at radius 3 is 2.05 bits per heavy atom. The summed E-state index contributed by atoms with van der Waals surface area (Å²) in [7, 11) is -1.33. The SMILES string of the molecule is CC/C=C/C/C=C\C[C@@H](O)[C@H](O)C/C=C/C#C[Si](C)(C)C. The fourth-order valence-corrected chi connectivity index (χ4v) is 2.03. The summed E-state index contributed by atoms with van der Waals surface area (Å²) in [6.45, 7) is 8.67. The van der Waals surface area contributed by atoms with Crippen LogP contribution in [-0.4, -0.2) is 30.5 Å². The van der Waals surface area contributed by atoms with E-state index in [0.29, 0.717) is 12.8 Å². The van der Waals surface area contributed by atoms with Crippen molar-refractivity contribution in [2.24, 2.45) is 0 Å². The second-order valence-corrected chi connectivity index (χ2v) is 10.9. The van der Waals surface area contributed by atoms with E-state index in [1.807, 2.05) is 18.2 Å².